The zero-order chi connectivity index (χ0) is 19.2. The van der Waals surface area contributed by atoms with Crippen LogP contribution >= 0.6 is 0 Å². The molecule has 2 rings (SSSR count). The van der Waals surface area contributed by atoms with Crippen LogP contribution in [0.2, 0.25) is 0 Å². The van der Waals surface area contributed by atoms with Crippen LogP contribution in [0.5, 0.6) is 5.75 Å². The summed E-state index contributed by atoms with van der Waals surface area (Å²) in [5, 5.41) is 0. The van der Waals surface area contributed by atoms with Crippen molar-refractivity contribution in [3.8, 4) is 5.75 Å². The molecule has 2 aromatic carbocycles. The topological polar surface area (TPSA) is 35.5 Å². The predicted molar refractivity (Wildman–Crippen MR) is 106 cm³/mol. The Labute approximate surface area is 157 Å². The molecule has 1 unspecified atom stereocenters. The lowest BCUT2D eigenvalue weighted by Gasteiger charge is -2.29. The van der Waals surface area contributed by atoms with Gasteiger partial charge >= 0.3 is 5.97 Å². The summed E-state index contributed by atoms with van der Waals surface area (Å²) in [6.07, 6.45) is 1.42. The van der Waals surface area contributed by atoms with Gasteiger partial charge in [0.15, 0.2) is 0 Å². The highest BCUT2D eigenvalue weighted by atomic mass is 16.6. The molecule has 0 saturated heterocycles. The highest BCUT2D eigenvalue weighted by molar-refractivity contribution is 5.80. The van der Waals surface area contributed by atoms with Crippen molar-refractivity contribution < 1.29 is 14.3 Å². The molecule has 3 nitrogen and oxygen atoms in total. The molecule has 0 N–H and O–H groups in total. The van der Waals surface area contributed by atoms with Crippen molar-refractivity contribution in [3.63, 3.8) is 0 Å². The Kier molecular flexibility index (Phi) is 6.84. The number of aryl methyl sites for hydroxylation is 1. The van der Waals surface area contributed by atoms with E-state index in [0.717, 1.165) is 12.0 Å². The number of esters is 1. The molecule has 3 heteroatoms. The lowest BCUT2D eigenvalue weighted by molar-refractivity contribution is -0.160. The zero-order valence-electron chi connectivity index (χ0n) is 16.5. The Balaban J connectivity index is 2.27. The second kappa shape index (κ2) is 8.88. The molecule has 2 aromatic rings. The summed E-state index contributed by atoms with van der Waals surface area (Å²) in [6, 6.07) is 16.2. The van der Waals surface area contributed by atoms with Gasteiger partial charge in [0.25, 0.3) is 0 Å². The standard InChI is InChI=1S/C23H30O3/c1-6-18-9-8-10-19(15-18)16-23(5,22(24)25-7-2)26-21-13-11-20(12-14-21)17(3)4/h8-15,17H,6-7,16H2,1-5H3. The molecule has 0 saturated carbocycles. The maximum Gasteiger partial charge on any atom is 0.350 e. The van der Waals surface area contributed by atoms with E-state index < -0.39 is 5.60 Å². The van der Waals surface area contributed by atoms with Crippen LogP contribution < -0.4 is 4.74 Å². The van der Waals surface area contributed by atoms with Crippen LogP contribution in [-0.2, 0) is 22.4 Å². The molecule has 0 heterocycles. The highest BCUT2D eigenvalue weighted by Gasteiger charge is 2.37. The van der Waals surface area contributed by atoms with E-state index in [0.29, 0.717) is 24.7 Å². The lowest BCUT2D eigenvalue weighted by atomic mass is 9.94. The number of benzene rings is 2. The van der Waals surface area contributed by atoms with Crippen LogP contribution in [0.15, 0.2) is 48.5 Å². The average molecular weight is 354 g/mol. The van der Waals surface area contributed by atoms with Crippen LogP contribution in [0.4, 0.5) is 0 Å². The van der Waals surface area contributed by atoms with E-state index in [9.17, 15) is 4.79 Å². The fourth-order valence-electron chi connectivity index (χ4n) is 2.96. The Bertz CT molecular complexity index is 718. The summed E-state index contributed by atoms with van der Waals surface area (Å²) in [5.41, 5.74) is 2.49. The molecule has 0 spiro atoms. The molecule has 0 radical (unpaired) electrons. The second-order valence-electron chi connectivity index (χ2n) is 7.13. The SMILES string of the molecule is CCOC(=O)C(C)(Cc1cccc(CC)c1)Oc1ccc(C(C)C)cc1. The van der Waals surface area contributed by atoms with Gasteiger partial charge < -0.3 is 9.47 Å². The van der Waals surface area contributed by atoms with Crippen LogP contribution in [0, 0.1) is 0 Å². The molecule has 140 valence electrons. The van der Waals surface area contributed by atoms with Crippen molar-refractivity contribution in [3.05, 3.63) is 65.2 Å². The van der Waals surface area contributed by atoms with Gasteiger partial charge in [0.1, 0.15) is 5.75 Å². The van der Waals surface area contributed by atoms with E-state index in [4.69, 9.17) is 9.47 Å². The first kappa shape index (κ1) is 20.0. The summed E-state index contributed by atoms with van der Waals surface area (Å²) in [5.74, 6) is 0.795. The summed E-state index contributed by atoms with van der Waals surface area (Å²) in [7, 11) is 0. The summed E-state index contributed by atoms with van der Waals surface area (Å²) < 4.78 is 11.5. The van der Waals surface area contributed by atoms with E-state index in [2.05, 4.69) is 32.9 Å². The molecule has 0 bridgehead atoms. The van der Waals surface area contributed by atoms with Crippen LogP contribution in [0.25, 0.3) is 0 Å². The van der Waals surface area contributed by atoms with E-state index in [1.807, 2.05) is 43.3 Å². The minimum atomic E-state index is -1.07. The summed E-state index contributed by atoms with van der Waals surface area (Å²) in [4.78, 5) is 12.7. The lowest BCUT2D eigenvalue weighted by Crippen LogP contribution is -2.45. The van der Waals surface area contributed by atoms with E-state index in [1.54, 1.807) is 6.92 Å². The maximum atomic E-state index is 12.7. The smallest absolute Gasteiger partial charge is 0.350 e. The average Bonchev–Trinajstić information content (AvgIpc) is 2.62. The molecule has 0 fully saturated rings. The minimum Gasteiger partial charge on any atom is -0.476 e. The van der Waals surface area contributed by atoms with Crippen molar-refractivity contribution in [1.29, 1.82) is 0 Å². The third-order valence-corrected chi connectivity index (χ3v) is 4.54. The van der Waals surface area contributed by atoms with Crippen molar-refractivity contribution in [1.82, 2.24) is 0 Å². The van der Waals surface area contributed by atoms with Gasteiger partial charge in [-0.25, -0.2) is 4.79 Å². The first-order valence-corrected chi connectivity index (χ1v) is 9.42. The maximum absolute atomic E-state index is 12.7. The largest absolute Gasteiger partial charge is 0.476 e. The number of hydrogen-bond donors (Lipinski definition) is 0. The summed E-state index contributed by atoms with van der Waals surface area (Å²) in [6.45, 7) is 10.4. The van der Waals surface area contributed by atoms with Gasteiger partial charge in [-0.3, -0.25) is 0 Å². The molecule has 0 aliphatic carbocycles. The summed E-state index contributed by atoms with van der Waals surface area (Å²) >= 11 is 0. The molecule has 0 aliphatic heterocycles. The van der Waals surface area contributed by atoms with Gasteiger partial charge in [-0.2, -0.15) is 0 Å². The third kappa shape index (κ3) is 5.10. The molecule has 1 atom stereocenters. The molecule has 0 aliphatic rings. The number of ether oxygens (including phenoxy) is 2. The van der Waals surface area contributed by atoms with Gasteiger partial charge in [0.2, 0.25) is 5.60 Å². The first-order chi connectivity index (χ1) is 12.4. The molecular formula is C23H30O3. The molecule has 26 heavy (non-hydrogen) atoms. The van der Waals surface area contributed by atoms with Gasteiger partial charge in [0.05, 0.1) is 6.61 Å². The van der Waals surface area contributed by atoms with Gasteiger partial charge in [-0.05, 0) is 55.0 Å². The van der Waals surface area contributed by atoms with Crippen molar-refractivity contribution in [2.75, 3.05) is 6.61 Å². The van der Waals surface area contributed by atoms with Crippen molar-refractivity contribution in [2.45, 2.75) is 59.0 Å². The normalized spacial score (nSPS) is 13.3. The molecule has 0 aromatic heterocycles. The molecular weight excluding hydrogens is 324 g/mol. The second-order valence-corrected chi connectivity index (χ2v) is 7.13. The number of rotatable bonds is 8. The van der Waals surface area contributed by atoms with Crippen LogP contribution in [0.3, 0.4) is 0 Å². The number of carbonyl (C=O) groups is 1. The zero-order valence-corrected chi connectivity index (χ0v) is 16.5. The number of hydrogen-bond acceptors (Lipinski definition) is 3. The van der Waals surface area contributed by atoms with Gasteiger partial charge in [-0.15, -0.1) is 0 Å². The van der Waals surface area contributed by atoms with E-state index in [1.165, 1.54) is 11.1 Å². The van der Waals surface area contributed by atoms with Crippen molar-refractivity contribution >= 4 is 5.97 Å². The minimum absolute atomic E-state index is 0.332. The Morgan fingerprint density at radius 3 is 2.27 bits per heavy atom. The Morgan fingerprint density at radius 1 is 1.04 bits per heavy atom. The van der Waals surface area contributed by atoms with Gasteiger partial charge in [0, 0.05) is 6.42 Å². The van der Waals surface area contributed by atoms with Crippen LogP contribution in [0.1, 0.15) is 57.2 Å². The Hall–Kier alpha value is -2.29. The van der Waals surface area contributed by atoms with Crippen molar-refractivity contribution in [2.24, 2.45) is 0 Å². The quantitative estimate of drug-likeness (QED) is 0.602. The monoisotopic (exact) mass is 354 g/mol. The van der Waals surface area contributed by atoms with E-state index in [-0.39, 0.29) is 5.97 Å². The Morgan fingerprint density at radius 2 is 1.69 bits per heavy atom. The fourth-order valence-corrected chi connectivity index (χ4v) is 2.96. The van der Waals surface area contributed by atoms with Gasteiger partial charge in [-0.1, -0.05) is 57.2 Å². The predicted octanol–water partition coefficient (Wildman–Crippen LogP) is 5.32. The fraction of sp³-hybridized carbons (Fsp3) is 0.435. The van der Waals surface area contributed by atoms with Crippen LogP contribution in [-0.4, -0.2) is 18.2 Å². The third-order valence-electron chi connectivity index (χ3n) is 4.54. The van der Waals surface area contributed by atoms with E-state index >= 15 is 0 Å². The molecule has 0 amide bonds. The number of carbonyl (C=O) groups excluding carboxylic acids is 1. The first-order valence-electron chi connectivity index (χ1n) is 9.42. The highest BCUT2D eigenvalue weighted by Crippen LogP contribution is 2.26.